The van der Waals surface area contributed by atoms with Crippen LogP contribution in [0.5, 0.6) is 0 Å². The maximum absolute atomic E-state index is 13.2. The minimum Gasteiger partial charge on any atom is -0.348 e. The first-order valence-electron chi connectivity index (χ1n) is 10.4. The summed E-state index contributed by atoms with van der Waals surface area (Å²) >= 11 is 0. The highest BCUT2D eigenvalue weighted by Gasteiger charge is 2.44. The summed E-state index contributed by atoms with van der Waals surface area (Å²) in [7, 11) is 3.62. The van der Waals surface area contributed by atoms with Crippen molar-refractivity contribution < 1.29 is 9.59 Å². The van der Waals surface area contributed by atoms with Crippen molar-refractivity contribution in [1.29, 1.82) is 0 Å². The van der Waals surface area contributed by atoms with E-state index in [1.54, 1.807) is 17.3 Å². The Balaban J connectivity index is 1.84. The molecule has 0 radical (unpaired) electrons. The van der Waals surface area contributed by atoms with E-state index in [2.05, 4.69) is 29.2 Å². The van der Waals surface area contributed by atoms with Crippen LogP contribution in [0.2, 0.25) is 0 Å². The van der Waals surface area contributed by atoms with Crippen LogP contribution in [0.3, 0.4) is 0 Å². The van der Waals surface area contributed by atoms with Crippen LogP contribution >= 0.6 is 0 Å². The number of piperidine rings is 1. The van der Waals surface area contributed by atoms with Crippen LogP contribution in [0.4, 0.5) is 0 Å². The third-order valence-corrected chi connectivity index (χ3v) is 5.76. The van der Waals surface area contributed by atoms with E-state index in [-0.39, 0.29) is 11.8 Å². The number of amides is 2. The third-order valence-electron chi connectivity index (χ3n) is 5.76. The second-order valence-corrected chi connectivity index (χ2v) is 8.26. The van der Waals surface area contributed by atoms with Gasteiger partial charge in [-0.2, -0.15) is 0 Å². The zero-order valence-electron chi connectivity index (χ0n) is 17.7. The molecule has 0 N–H and O–H groups in total. The topological polar surface area (TPSA) is 53.5 Å². The van der Waals surface area contributed by atoms with Gasteiger partial charge in [-0.25, -0.2) is 0 Å². The van der Waals surface area contributed by atoms with Gasteiger partial charge in [-0.1, -0.05) is 31.2 Å². The smallest absolute Gasteiger partial charge is 0.230 e. The molecule has 1 aliphatic rings. The van der Waals surface area contributed by atoms with E-state index < -0.39 is 5.41 Å². The van der Waals surface area contributed by atoms with E-state index in [0.29, 0.717) is 19.4 Å². The van der Waals surface area contributed by atoms with Crippen LogP contribution in [-0.2, 0) is 16.0 Å². The highest BCUT2D eigenvalue weighted by atomic mass is 16.2. The van der Waals surface area contributed by atoms with Crippen molar-refractivity contribution >= 4 is 11.8 Å². The Labute approximate surface area is 173 Å². The van der Waals surface area contributed by atoms with Gasteiger partial charge in [0.15, 0.2) is 0 Å². The highest BCUT2D eigenvalue weighted by Crippen LogP contribution is 2.36. The molecule has 0 saturated carbocycles. The lowest BCUT2D eigenvalue weighted by atomic mass is 9.73. The van der Waals surface area contributed by atoms with Crippen LogP contribution in [-0.4, -0.2) is 53.8 Å². The fourth-order valence-corrected chi connectivity index (χ4v) is 4.34. The van der Waals surface area contributed by atoms with Crippen LogP contribution in [0.25, 0.3) is 11.1 Å². The molecular weight excluding hydrogens is 362 g/mol. The van der Waals surface area contributed by atoms with Crippen LogP contribution in [0.15, 0.2) is 48.8 Å². The molecule has 0 bridgehead atoms. The van der Waals surface area contributed by atoms with Crippen LogP contribution in [0, 0.1) is 5.41 Å². The van der Waals surface area contributed by atoms with E-state index in [1.165, 1.54) is 0 Å². The van der Waals surface area contributed by atoms with Gasteiger partial charge in [0.05, 0.1) is 5.41 Å². The molecule has 1 atom stereocenters. The minimum absolute atomic E-state index is 0.115. The zero-order chi connectivity index (χ0) is 20.9. The number of rotatable bonds is 6. The molecule has 3 rings (SSSR count). The second kappa shape index (κ2) is 9.21. The quantitative estimate of drug-likeness (QED) is 0.750. The SMILES string of the molecule is CCCC(=O)N1CCC[C@](Cc2ccc(-c3ccncc3)cc2)(C(=O)N(C)C)C1. The van der Waals surface area contributed by atoms with Gasteiger partial charge in [-0.05, 0) is 54.5 Å². The lowest BCUT2D eigenvalue weighted by molar-refractivity contribution is -0.147. The number of hydrogen-bond acceptors (Lipinski definition) is 3. The van der Waals surface area contributed by atoms with Gasteiger partial charge in [0, 0.05) is 46.0 Å². The molecule has 5 heteroatoms. The minimum atomic E-state index is -0.552. The van der Waals surface area contributed by atoms with E-state index in [4.69, 9.17) is 0 Å². The molecule has 0 spiro atoms. The van der Waals surface area contributed by atoms with Crippen molar-refractivity contribution in [3.05, 3.63) is 54.4 Å². The highest BCUT2D eigenvalue weighted by molar-refractivity contribution is 5.84. The second-order valence-electron chi connectivity index (χ2n) is 8.26. The molecule has 1 aliphatic heterocycles. The Morgan fingerprint density at radius 1 is 1.07 bits per heavy atom. The molecule has 1 aromatic carbocycles. The number of benzene rings is 1. The number of pyridine rings is 1. The van der Waals surface area contributed by atoms with Crippen molar-refractivity contribution in [3.8, 4) is 11.1 Å². The first-order valence-corrected chi connectivity index (χ1v) is 10.4. The molecule has 1 saturated heterocycles. The van der Waals surface area contributed by atoms with Gasteiger partial charge in [0.1, 0.15) is 0 Å². The van der Waals surface area contributed by atoms with Gasteiger partial charge in [-0.3, -0.25) is 14.6 Å². The summed E-state index contributed by atoms with van der Waals surface area (Å²) in [5.41, 5.74) is 2.83. The number of carbonyl (C=O) groups is 2. The summed E-state index contributed by atoms with van der Waals surface area (Å²) < 4.78 is 0. The average molecular weight is 394 g/mol. The Morgan fingerprint density at radius 3 is 2.34 bits per heavy atom. The summed E-state index contributed by atoms with van der Waals surface area (Å²) in [5, 5.41) is 0. The number of aromatic nitrogens is 1. The number of nitrogens with zero attached hydrogens (tertiary/aromatic N) is 3. The van der Waals surface area contributed by atoms with Gasteiger partial charge in [0.2, 0.25) is 11.8 Å². The summed E-state index contributed by atoms with van der Waals surface area (Å²) in [6, 6.07) is 12.4. The first-order chi connectivity index (χ1) is 13.9. The lowest BCUT2D eigenvalue weighted by Crippen LogP contribution is -2.54. The predicted octanol–water partition coefficient (Wildman–Crippen LogP) is 3.79. The van der Waals surface area contributed by atoms with Crippen molar-refractivity contribution in [2.75, 3.05) is 27.2 Å². The first kappa shape index (κ1) is 21.0. The maximum atomic E-state index is 13.2. The van der Waals surface area contributed by atoms with Gasteiger partial charge in [-0.15, -0.1) is 0 Å². The standard InChI is InChI=1S/C24H31N3O2/c1-4-6-22(28)27-16-5-13-24(18-27,23(29)26(2)3)17-19-7-9-20(10-8-19)21-11-14-25-15-12-21/h7-12,14-15H,4-6,13,16-18H2,1-3H3/t24-/m1/s1. The lowest BCUT2D eigenvalue weighted by Gasteiger charge is -2.43. The van der Waals surface area contributed by atoms with E-state index in [1.807, 2.05) is 38.1 Å². The van der Waals surface area contributed by atoms with Gasteiger partial charge < -0.3 is 9.80 Å². The fraction of sp³-hybridized carbons (Fsp3) is 0.458. The van der Waals surface area contributed by atoms with Crippen LogP contribution in [0.1, 0.15) is 38.2 Å². The Morgan fingerprint density at radius 2 is 1.72 bits per heavy atom. The van der Waals surface area contributed by atoms with Crippen molar-refractivity contribution in [1.82, 2.24) is 14.8 Å². The summed E-state index contributed by atoms with van der Waals surface area (Å²) in [6.07, 6.45) is 7.29. The number of hydrogen-bond donors (Lipinski definition) is 0. The average Bonchev–Trinajstić information content (AvgIpc) is 2.74. The number of carbonyl (C=O) groups excluding carboxylic acids is 2. The van der Waals surface area contributed by atoms with Crippen molar-refractivity contribution in [3.63, 3.8) is 0 Å². The maximum Gasteiger partial charge on any atom is 0.230 e. The van der Waals surface area contributed by atoms with E-state index in [0.717, 1.165) is 42.5 Å². The summed E-state index contributed by atoms with van der Waals surface area (Å²) in [4.78, 5) is 33.4. The van der Waals surface area contributed by atoms with E-state index >= 15 is 0 Å². The summed E-state index contributed by atoms with van der Waals surface area (Å²) in [5.74, 6) is 0.279. The Bertz CT molecular complexity index is 833. The Kier molecular flexibility index (Phi) is 6.68. The molecule has 0 aliphatic carbocycles. The fourth-order valence-electron chi connectivity index (χ4n) is 4.34. The van der Waals surface area contributed by atoms with Gasteiger partial charge >= 0.3 is 0 Å². The molecule has 29 heavy (non-hydrogen) atoms. The zero-order valence-corrected chi connectivity index (χ0v) is 17.7. The van der Waals surface area contributed by atoms with E-state index in [9.17, 15) is 9.59 Å². The van der Waals surface area contributed by atoms with Crippen molar-refractivity contribution in [2.24, 2.45) is 5.41 Å². The molecule has 2 heterocycles. The van der Waals surface area contributed by atoms with Gasteiger partial charge in [0.25, 0.3) is 0 Å². The van der Waals surface area contributed by atoms with Crippen molar-refractivity contribution in [2.45, 2.75) is 39.0 Å². The summed E-state index contributed by atoms with van der Waals surface area (Å²) in [6.45, 7) is 3.28. The normalized spacial score (nSPS) is 19.1. The molecule has 154 valence electrons. The molecule has 0 unspecified atom stereocenters. The van der Waals surface area contributed by atoms with Crippen LogP contribution < -0.4 is 0 Å². The molecule has 2 aromatic rings. The largest absolute Gasteiger partial charge is 0.348 e. The molecule has 2 amide bonds. The monoisotopic (exact) mass is 393 g/mol. The number of likely N-dealkylation sites (tertiary alicyclic amines) is 1. The molecule has 1 aromatic heterocycles. The Hall–Kier alpha value is -2.69. The molecule has 1 fully saturated rings. The molecular formula is C24H31N3O2. The predicted molar refractivity (Wildman–Crippen MR) is 115 cm³/mol. The third kappa shape index (κ3) is 4.84. The molecule has 5 nitrogen and oxygen atoms in total.